The van der Waals surface area contributed by atoms with Crippen molar-refractivity contribution >= 4 is 17.9 Å². The van der Waals surface area contributed by atoms with Gasteiger partial charge in [-0.2, -0.15) is 0 Å². The first-order chi connectivity index (χ1) is 40.5. The second-order valence-corrected chi connectivity index (χ2v) is 22.7. The molecule has 0 N–H and O–H groups in total. The molecule has 0 bridgehead atoms. The molecule has 82 heavy (non-hydrogen) atoms. The van der Waals surface area contributed by atoms with Crippen LogP contribution in [0.4, 0.5) is 0 Å². The van der Waals surface area contributed by atoms with Crippen molar-refractivity contribution in [3.05, 3.63) is 122 Å². The van der Waals surface area contributed by atoms with Crippen LogP contribution in [0.2, 0.25) is 0 Å². The molecule has 6 nitrogen and oxygen atoms in total. The fourth-order valence-electron chi connectivity index (χ4n) is 9.57. The highest BCUT2D eigenvalue weighted by atomic mass is 16.6. The standard InChI is InChI=1S/C76H128O6/c1-4-7-10-13-16-19-22-25-28-31-33-34-35-36-37-38-39-40-41-42-44-45-48-51-54-57-60-63-66-69-75(78)81-72-73(71-80-74(77)68-65-62-59-56-53-50-47-30-27-24-21-18-15-12-9-6-3)82-76(79)70-67-64-61-58-55-52-49-46-43-32-29-26-23-20-17-14-11-8-5-2/h7-8,10-11,16-17,19-20,25-26,28-30,33-34,43,46-47,52,55,73H,4-6,9,12-15,18,21-24,27,31-32,35-42,44-45,48-51,53-54,56-72H2,1-3H3/b10-7-,11-8-,19-16-,20-17-,28-25-,29-26-,34-33-,46-43-,47-30-,55-52-. The number of carbonyl (C=O) groups excluding carboxylic acids is 3. The van der Waals surface area contributed by atoms with Crippen molar-refractivity contribution in [2.75, 3.05) is 13.2 Å². The number of hydrogen-bond acceptors (Lipinski definition) is 6. The van der Waals surface area contributed by atoms with Gasteiger partial charge in [0.05, 0.1) is 0 Å². The molecular weight excluding hydrogens is 1010 g/mol. The molecule has 6 heteroatoms. The number of rotatable bonds is 62. The van der Waals surface area contributed by atoms with Crippen molar-refractivity contribution in [2.45, 2.75) is 329 Å². The molecule has 0 aromatic carbocycles. The quantitative estimate of drug-likeness (QED) is 0.0261. The van der Waals surface area contributed by atoms with Crippen molar-refractivity contribution in [2.24, 2.45) is 0 Å². The van der Waals surface area contributed by atoms with Crippen LogP contribution in [0.15, 0.2) is 122 Å². The van der Waals surface area contributed by atoms with E-state index < -0.39 is 6.10 Å². The van der Waals surface area contributed by atoms with Gasteiger partial charge in [-0.25, -0.2) is 0 Å². The van der Waals surface area contributed by atoms with Crippen molar-refractivity contribution in [3.8, 4) is 0 Å². The lowest BCUT2D eigenvalue weighted by molar-refractivity contribution is -0.167. The van der Waals surface area contributed by atoms with Gasteiger partial charge in [0.1, 0.15) is 13.2 Å². The summed E-state index contributed by atoms with van der Waals surface area (Å²) in [6.45, 7) is 6.41. The molecule has 0 aliphatic carbocycles. The Balaban J connectivity index is 4.34. The smallest absolute Gasteiger partial charge is 0.306 e. The molecule has 0 heterocycles. The van der Waals surface area contributed by atoms with E-state index in [1.54, 1.807) is 0 Å². The Hall–Kier alpha value is -4.19. The maximum Gasteiger partial charge on any atom is 0.306 e. The number of hydrogen-bond donors (Lipinski definition) is 0. The van der Waals surface area contributed by atoms with E-state index in [-0.39, 0.29) is 37.5 Å². The second-order valence-electron chi connectivity index (χ2n) is 22.7. The zero-order valence-corrected chi connectivity index (χ0v) is 53.7. The fraction of sp³-hybridized carbons (Fsp3) is 0.697. The van der Waals surface area contributed by atoms with E-state index in [4.69, 9.17) is 14.2 Å². The summed E-state index contributed by atoms with van der Waals surface area (Å²) in [5.74, 6) is -0.925. The number of unbranched alkanes of at least 4 members (excludes halogenated alkanes) is 31. The lowest BCUT2D eigenvalue weighted by Gasteiger charge is -2.18. The number of ether oxygens (including phenoxy) is 3. The van der Waals surface area contributed by atoms with Crippen LogP contribution in [0.3, 0.4) is 0 Å². The van der Waals surface area contributed by atoms with Crippen LogP contribution in [0.5, 0.6) is 0 Å². The Kier molecular flexibility index (Phi) is 65.8. The predicted octanol–water partition coefficient (Wildman–Crippen LogP) is 23.9. The van der Waals surface area contributed by atoms with E-state index >= 15 is 0 Å². The third-order valence-corrected chi connectivity index (χ3v) is 14.7. The average molecular weight is 1140 g/mol. The number of carbonyl (C=O) groups is 3. The van der Waals surface area contributed by atoms with E-state index in [2.05, 4.69) is 142 Å². The van der Waals surface area contributed by atoms with Gasteiger partial charge < -0.3 is 14.2 Å². The van der Waals surface area contributed by atoms with Crippen LogP contribution >= 0.6 is 0 Å². The first-order valence-corrected chi connectivity index (χ1v) is 34.5. The lowest BCUT2D eigenvalue weighted by Crippen LogP contribution is -2.30. The van der Waals surface area contributed by atoms with Crippen molar-refractivity contribution in [1.82, 2.24) is 0 Å². The predicted molar refractivity (Wildman–Crippen MR) is 357 cm³/mol. The van der Waals surface area contributed by atoms with E-state index in [0.29, 0.717) is 12.8 Å². The Bertz CT molecular complexity index is 1690. The maximum absolute atomic E-state index is 12.9. The minimum atomic E-state index is -0.802. The van der Waals surface area contributed by atoms with Crippen LogP contribution in [0.25, 0.3) is 0 Å². The second kappa shape index (κ2) is 69.3. The van der Waals surface area contributed by atoms with Gasteiger partial charge in [0, 0.05) is 19.3 Å². The minimum absolute atomic E-state index is 0.0941. The summed E-state index contributed by atoms with van der Waals surface area (Å²) in [5, 5.41) is 0. The molecule has 468 valence electrons. The van der Waals surface area contributed by atoms with Gasteiger partial charge in [-0.15, -0.1) is 0 Å². The van der Waals surface area contributed by atoms with Crippen LogP contribution in [-0.4, -0.2) is 37.2 Å². The normalized spacial score (nSPS) is 12.9. The van der Waals surface area contributed by atoms with Crippen molar-refractivity contribution in [3.63, 3.8) is 0 Å². The maximum atomic E-state index is 12.9. The highest BCUT2D eigenvalue weighted by molar-refractivity contribution is 5.71. The Morgan fingerprint density at radius 1 is 0.256 bits per heavy atom. The monoisotopic (exact) mass is 1140 g/mol. The van der Waals surface area contributed by atoms with Gasteiger partial charge in [-0.05, 0) is 128 Å². The van der Waals surface area contributed by atoms with Crippen molar-refractivity contribution < 1.29 is 28.6 Å². The molecule has 0 saturated heterocycles. The first kappa shape index (κ1) is 77.8. The third kappa shape index (κ3) is 66.6. The van der Waals surface area contributed by atoms with Gasteiger partial charge in [0.2, 0.25) is 0 Å². The Labute approximate surface area is 507 Å². The van der Waals surface area contributed by atoms with Crippen molar-refractivity contribution in [1.29, 1.82) is 0 Å². The molecular formula is C76H128O6. The van der Waals surface area contributed by atoms with Gasteiger partial charge >= 0.3 is 17.9 Å². The summed E-state index contributed by atoms with van der Waals surface area (Å²) in [5.41, 5.74) is 0. The zero-order chi connectivity index (χ0) is 59.2. The fourth-order valence-corrected chi connectivity index (χ4v) is 9.57. The molecule has 1 atom stereocenters. The first-order valence-electron chi connectivity index (χ1n) is 34.5. The molecule has 1 unspecified atom stereocenters. The van der Waals surface area contributed by atoms with Gasteiger partial charge in [0.15, 0.2) is 6.10 Å². The van der Waals surface area contributed by atoms with E-state index in [1.807, 2.05) is 0 Å². The molecule has 0 aromatic heterocycles. The van der Waals surface area contributed by atoms with Crippen LogP contribution in [0.1, 0.15) is 323 Å². The molecule has 0 aliphatic rings. The highest BCUT2D eigenvalue weighted by Gasteiger charge is 2.19. The Morgan fingerprint density at radius 3 is 0.768 bits per heavy atom. The number of allylic oxidation sites excluding steroid dienone is 20. The topological polar surface area (TPSA) is 78.9 Å². The zero-order valence-electron chi connectivity index (χ0n) is 53.7. The summed E-state index contributed by atoms with van der Waals surface area (Å²) in [7, 11) is 0. The van der Waals surface area contributed by atoms with E-state index in [9.17, 15) is 14.4 Å². The Morgan fingerprint density at radius 2 is 0.476 bits per heavy atom. The van der Waals surface area contributed by atoms with Crippen LogP contribution in [-0.2, 0) is 28.6 Å². The molecule has 0 saturated carbocycles. The molecule has 0 amide bonds. The summed E-state index contributed by atoms with van der Waals surface area (Å²) >= 11 is 0. The summed E-state index contributed by atoms with van der Waals surface area (Å²) in [4.78, 5) is 38.4. The van der Waals surface area contributed by atoms with Gasteiger partial charge in [-0.1, -0.05) is 296 Å². The lowest BCUT2D eigenvalue weighted by atomic mass is 10.0. The highest BCUT2D eigenvalue weighted by Crippen LogP contribution is 2.17. The summed E-state index contributed by atoms with van der Waals surface area (Å²) in [6, 6.07) is 0. The molecule has 0 radical (unpaired) electrons. The molecule has 0 aromatic rings. The third-order valence-electron chi connectivity index (χ3n) is 14.7. The average Bonchev–Trinajstić information content (AvgIpc) is 3.47. The van der Waals surface area contributed by atoms with Crippen LogP contribution < -0.4 is 0 Å². The molecule has 0 spiro atoms. The van der Waals surface area contributed by atoms with E-state index in [0.717, 1.165) is 128 Å². The minimum Gasteiger partial charge on any atom is -0.462 e. The van der Waals surface area contributed by atoms with E-state index in [1.165, 1.54) is 154 Å². The summed E-state index contributed by atoms with van der Waals surface area (Å²) in [6.07, 6.45) is 96.5. The van der Waals surface area contributed by atoms with Gasteiger partial charge in [0.25, 0.3) is 0 Å². The molecule has 0 fully saturated rings. The molecule has 0 rings (SSSR count). The SMILES string of the molecule is CC/C=C\C/C=C\C/C=C\C/C=C\C/C=C\CCCCCC(=O)OC(COC(=O)CCCCCCC/C=C\CCCCCCCCC)COC(=O)CCCCCCCCCCCCCCCCCC/C=C\C/C=C\C/C=C\C/C=C\CC. The van der Waals surface area contributed by atoms with Crippen LogP contribution in [0, 0.1) is 0 Å². The number of esters is 3. The van der Waals surface area contributed by atoms with Gasteiger partial charge in [-0.3, -0.25) is 14.4 Å². The summed E-state index contributed by atoms with van der Waals surface area (Å²) < 4.78 is 16.9. The molecule has 0 aliphatic heterocycles. The largest absolute Gasteiger partial charge is 0.462 e.